The van der Waals surface area contributed by atoms with Gasteiger partial charge in [0.2, 0.25) is 0 Å². The minimum absolute atomic E-state index is 0.613. The quantitative estimate of drug-likeness (QED) is 0.554. The molecular weight excluding hydrogens is 292 g/mol. The van der Waals surface area contributed by atoms with Gasteiger partial charge in [-0.25, -0.2) is 4.98 Å². The SMILES string of the molecule is CCCc1nn(C)c2c1nc(CCCl)n2CCCSC. The van der Waals surface area contributed by atoms with Gasteiger partial charge in [-0.2, -0.15) is 16.9 Å². The summed E-state index contributed by atoms with van der Waals surface area (Å²) in [6.07, 6.45) is 6.19. The lowest BCUT2D eigenvalue weighted by molar-refractivity contribution is 0.632. The number of hydrogen-bond acceptors (Lipinski definition) is 3. The highest BCUT2D eigenvalue weighted by Crippen LogP contribution is 2.22. The number of thioether (sulfide) groups is 1. The Kier molecular flexibility index (Phi) is 5.78. The van der Waals surface area contributed by atoms with Crippen LogP contribution in [0, 0.1) is 0 Å². The first-order valence-corrected chi connectivity index (χ1v) is 9.11. The molecule has 0 spiro atoms. The molecule has 0 saturated heterocycles. The van der Waals surface area contributed by atoms with Gasteiger partial charge in [-0.1, -0.05) is 13.3 Å². The van der Waals surface area contributed by atoms with Gasteiger partial charge in [0.05, 0.1) is 5.69 Å². The number of alkyl halides is 1. The average Bonchev–Trinajstić information content (AvgIpc) is 2.91. The highest BCUT2D eigenvalue weighted by molar-refractivity contribution is 7.98. The molecule has 0 unspecified atom stereocenters. The molecule has 2 rings (SSSR count). The van der Waals surface area contributed by atoms with Crippen LogP contribution in [-0.2, 0) is 26.4 Å². The summed E-state index contributed by atoms with van der Waals surface area (Å²) in [5.74, 6) is 2.88. The van der Waals surface area contributed by atoms with Crippen molar-refractivity contribution in [3.63, 3.8) is 0 Å². The zero-order valence-corrected chi connectivity index (χ0v) is 14.1. The molecule has 0 N–H and O–H groups in total. The second-order valence-corrected chi connectivity index (χ2v) is 6.32. The van der Waals surface area contributed by atoms with Crippen molar-refractivity contribution < 1.29 is 0 Å². The summed E-state index contributed by atoms with van der Waals surface area (Å²) in [5, 5.41) is 4.62. The molecule has 4 nitrogen and oxygen atoms in total. The van der Waals surface area contributed by atoms with Crippen LogP contribution in [0.4, 0.5) is 0 Å². The van der Waals surface area contributed by atoms with Crippen LogP contribution >= 0.6 is 23.4 Å². The van der Waals surface area contributed by atoms with Crippen LogP contribution in [0.2, 0.25) is 0 Å². The molecule has 2 heterocycles. The number of fused-ring (bicyclic) bond motifs is 1. The number of imidazole rings is 1. The van der Waals surface area contributed by atoms with E-state index in [0.29, 0.717) is 5.88 Å². The second kappa shape index (κ2) is 7.36. The molecule has 112 valence electrons. The van der Waals surface area contributed by atoms with Crippen LogP contribution in [0.5, 0.6) is 0 Å². The molecule has 0 aromatic carbocycles. The molecule has 0 fully saturated rings. The summed E-state index contributed by atoms with van der Waals surface area (Å²) in [5.41, 5.74) is 3.33. The van der Waals surface area contributed by atoms with Crippen LogP contribution in [0.25, 0.3) is 11.2 Å². The van der Waals surface area contributed by atoms with Crippen LogP contribution in [0.15, 0.2) is 0 Å². The maximum atomic E-state index is 5.92. The minimum Gasteiger partial charge on any atom is -0.313 e. The monoisotopic (exact) mass is 314 g/mol. The highest BCUT2D eigenvalue weighted by atomic mass is 35.5. The van der Waals surface area contributed by atoms with E-state index in [1.54, 1.807) is 0 Å². The normalized spacial score (nSPS) is 11.6. The topological polar surface area (TPSA) is 35.6 Å². The van der Waals surface area contributed by atoms with E-state index in [1.807, 2.05) is 23.5 Å². The van der Waals surface area contributed by atoms with Crippen molar-refractivity contribution in [2.45, 2.75) is 39.2 Å². The van der Waals surface area contributed by atoms with Gasteiger partial charge in [0, 0.05) is 25.9 Å². The summed E-state index contributed by atoms with van der Waals surface area (Å²) in [6, 6.07) is 0. The molecule has 2 aromatic rings. The van der Waals surface area contributed by atoms with E-state index in [2.05, 4.69) is 22.8 Å². The first kappa shape index (κ1) is 15.7. The maximum Gasteiger partial charge on any atom is 0.158 e. The van der Waals surface area contributed by atoms with E-state index >= 15 is 0 Å². The summed E-state index contributed by atoms with van der Waals surface area (Å²) < 4.78 is 4.28. The minimum atomic E-state index is 0.613. The van der Waals surface area contributed by atoms with Crippen molar-refractivity contribution >= 4 is 34.5 Å². The smallest absolute Gasteiger partial charge is 0.158 e. The molecule has 0 bridgehead atoms. The lowest BCUT2D eigenvalue weighted by Crippen LogP contribution is -2.09. The predicted molar refractivity (Wildman–Crippen MR) is 87.9 cm³/mol. The molecular formula is C14H23ClN4S. The molecule has 0 aliphatic heterocycles. The Hall–Kier alpha value is -0.680. The zero-order chi connectivity index (χ0) is 14.5. The van der Waals surface area contributed by atoms with Crippen LogP contribution in [0.1, 0.15) is 31.3 Å². The molecule has 20 heavy (non-hydrogen) atoms. The number of rotatable bonds is 8. The van der Waals surface area contributed by atoms with E-state index in [9.17, 15) is 0 Å². The summed E-state index contributed by atoms with van der Waals surface area (Å²) in [4.78, 5) is 4.81. The molecule has 2 aromatic heterocycles. The van der Waals surface area contributed by atoms with Gasteiger partial charge in [-0.3, -0.25) is 4.68 Å². The third-order valence-corrected chi connectivity index (χ3v) is 4.29. The van der Waals surface area contributed by atoms with Gasteiger partial charge >= 0.3 is 0 Å². The Morgan fingerprint density at radius 3 is 2.75 bits per heavy atom. The van der Waals surface area contributed by atoms with E-state index in [-0.39, 0.29) is 0 Å². The first-order valence-electron chi connectivity index (χ1n) is 7.18. The van der Waals surface area contributed by atoms with Gasteiger partial charge < -0.3 is 4.57 Å². The van der Waals surface area contributed by atoms with Gasteiger partial charge in [-0.05, 0) is 24.9 Å². The number of aromatic nitrogens is 4. The molecule has 0 atom stereocenters. The Bertz CT molecular complexity index is 561. The third-order valence-electron chi connectivity index (χ3n) is 3.41. The largest absolute Gasteiger partial charge is 0.313 e. The fraction of sp³-hybridized carbons (Fsp3) is 0.714. The average molecular weight is 315 g/mol. The molecule has 0 aliphatic carbocycles. The van der Waals surface area contributed by atoms with Crippen molar-refractivity contribution in [1.82, 2.24) is 19.3 Å². The molecule has 0 saturated carbocycles. The Morgan fingerprint density at radius 2 is 2.10 bits per heavy atom. The van der Waals surface area contributed by atoms with Gasteiger partial charge in [0.25, 0.3) is 0 Å². The summed E-state index contributed by atoms with van der Waals surface area (Å²) >= 11 is 7.81. The van der Waals surface area contributed by atoms with Crippen molar-refractivity contribution in [2.75, 3.05) is 17.9 Å². The lowest BCUT2D eigenvalue weighted by atomic mass is 10.2. The lowest BCUT2D eigenvalue weighted by Gasteiger charge is -2.08. The van der Waals surface area contributed by atoms with E-state index in [0.717, 1.165) is 54.9 Å². The van der Waals surface area contributed by atoms with E-state index < -0.39 is 0 Å². The zero-order valence-electron chi connectivity index (χ0n) is 12.5. The molecule has 0 radical (unpaired) electrons. The van der Waals surface area contributed by atoms with Crippen LogP contribution in [0.3, 0.4) is 0 Å². The fourth-order valence-corrected chi connectivity index (χ4v) is 3.16. The summed E-state index contributed by atoms with van der Waals surface area (Å²) in [6.45, 7) is 3.17. The van der Waals surface area contributed by atoms with Crippen LogP contribution < -0.4 is 0 Å². The standard InChI is InChI=1S/C14H23ClN4S/c1-4-6-11-13-14(18(2)17-11)19(9-5-10-20-3)12(16-13)7-8-15/h4-10H2,1-3H3. The number of nitrogens with zero attached hydrogens (tertiary/aromatic N) is 4. The molecule has 0 amide bonds. The van der Waals surface area contributed by atoms with Crippen LogP contribution in [-0.4, -0.2) is 37.2 Å². The van der Waals surface area contributed by atoms with Crippen molar-refractivity contribution in [3.05, 3.63) is 11.5 Å². The number of hydrogen-bond donors (Lipinski definition) is 0. The Labute approximate surface area is 129 Å². The Balaban J connectivity index is 2.41. The van der Waals surface area contributed by atoms with Crippen molar-refractivity contribution in [1.29, 1.82) is 0 Å². The highest BCUT2D eigenvalue weighted by Gasteiger charge is 2.18. The predicted octanol–water partition coefficient (Wildman–Crippen LogP) is 3.26. The third kappa shape index (κ3) is 3.14. The van der Waals surface area contributed by atoms with Gasteiger partial charge in [0.15, 0.2) is 5.65 Å². The second-order valence-electron chi connectivity index (χ2n) is 4.96. The van der Waals surface area contributed by atoms with Gasteiger partial charge in [-0.15, -0.1) is 11.6 Å². The van der Waals surface area contributed by atoms with Crippen molar-refractivity contribution in [2.24, 2.45) is 7.05 Å². The number of aryl methyl sites for hydroxylation is 4. The Morgan fingerprint density at radius 1 is 1.30 bits per heavy atom. The molecule has 0 aliphatic rings. The van der Waals surface area contributed by atoms with Gasteiger partial charge in [0.1, 0.15) is 11.3 Å². The number of halogens is 1. The maximum absolute atomic E-state index is 5.92. The molecule has 6 heteroatoms. The van der Waals surface area contributed by atoms with E-state index in [4.69, 9.17) is 16.6 Å². The van der Waals surface area contributed by atoms with E-state index in [1.165, 1.54) is 5.75 Å². The van der Waals surface area contributed by atoms with Crippen molar-refractivity contribution in [3.8, 4) is 0 Å². The first-order chi connectivity index (χ1) is 9.72. The fourth-order valence-electron chi connectivity index (χ4n) is 2.57. The summed E-state index contributed by atoms with van der Waals surface area (Å²) in [7, 11) is 2.01.